The fourth-order valence-electron chi connectivity index (χ4n) is 3.31. The van der Waals surface area contributed by atoms with Crippen LogP contribution in [0.5, 0.6) is 0 Å². The number of aliphatic hydroxyl groups excluding tert-OH is 1. The first kappa shape index (κ1) is 27.4. The molecule has 0 saturated heterocycles. The first-order valence-corrected chi connectivity index (χ1v) is 13.1. The van der Waals surface area contributed by atoms with Crippen molar-refractivity contribution in [2.24, 2.45) is 12.0 Å². The van der Waals surface area contributed by atoms with Crippen molar-refractivity contribution in [2.75, 3.05) is 39.5 Å². The summed E-state index contributed by atoms with van der Waals surface area (Å²) in [5.41, 5.74) is 1.24. The van der Waals surface area contributed by atoms with Crippen LogP contribution in [0, 0.1) is 0 Å². The van der Waals surface area contributed by atoms with Gasteiger partial charge in [-0.2, -0.15) is 0 Å². The van der Waals surface area contributed by atoms with Gasteiger partial charge in [-0.1, -0.05) is 30.7 Å². The minimum atomic E-state index is 0.101. The Balaban J connectivity index is 0.00000187. The molecule has 0 aliphatic heterocycles. The molecule has 2 aromatic carbocycles. The van der Waals surface area contributed by atoms with Crippen LogP contribution < -0.4 is 10.1 Å². The Morgan fingerprint density at radius 1 is 1.24 bits per heavy atom. The molecule has 0 saturated carbocycles. The van der Waals surface area contributed by atoms with E-state index in [0.29, 0.717) is 13.0 Å². The van der Waals surface area contributed by atoms with E-state index in [1.54, 1.807) is 23.1 Å². The number of hydrogen-bond donors (Lipinski definition) is 2. The number of thioether (sulfide) groups is 1. The number of nitrogens with one attached hydrogen (secondary N) is 1. The van der Waals surface area contributed by atoms with Crippen LogP contribution in [-0.2, 0) is 18.4 Å². The predicted octanol–water partition coefficient (Wildman–Crippen LogP) is 4.15. The van der Waals surface area contributed by atoms with Crippen molar-refractivity contribution in [1.82, 2.24) is 14.8 Å². The Bertz CT molecular complexity index is 1100. The number of carbonyl (C=O) groups excluding carboxylic acids is 1. The quantitative estimate of drug-likeness (QED) is 0.403. The van der Waals surface area contributed by atoms with Crippen molar-refractivity contribution >= 4 is 51.4 Å². The first-order valence-electron chi connectivity index (χ1n) is 10.8. The molecule has 3 rings (SSSR count). The Kier molecular flexibility index (Phi) is 12.0. The number of carbonyl (C=O) groups is 1. The summed E-state index contributed by atoms with van der Waals surface area (Å²) < 4.78 is 2.13. The number of rotatable bonds is 10. The fourth-order valence-corrected chi connectivity index (χ4v) is 5.25. The van der Waals surface area contributed by atoms with Gasteiger partial charge in [0.1, 0.15) is 0 Å². The molecule has 0 bridgehead atoms. The standard InChI is InChI=1S/C23H29ClN4OS2.CH4O/c1-4-28(15-20-16-31-23(25-2)27(20)3)11-10-26-22(29)9-12-30-21-8-6-17-13-19(24)7-5-18(17)14-21;1-2/h5-8,13-14,16H,4,9-12,15H2,1-3H3,(H,26,29);2H,1H3. The molecule has 3 aromatic rings. The van der Waals surface area contributed by atoms with Crippen LogP contribution in [0.4, 0.5) is 0 Å². The second-order valence-electron chi connectivity index (χ2n) is 7.26. The van der Waals surface area contributed by atoms with Crippen molar-refractivity contribution in [3.8, 4) is 0 Å². The fraction of sp³-hybridized carbons (Fsp3) is 0.417. The van der Waals surface area contributed by atoms with Crippen molar-refractivity contribution in [3.63, 3.8) is 0 Å². The van der Waals surface area contributed by atoms with Gasteiger partial charge in [-0.25, -0.2) is 0 Å². The summed E-state index contributed by atoms with van der Waals surface area (Å²) in [7, 11) is 4.86. The average molecular weight is 509 g/mol. The third-order valence-corrected chi connectivity index (χ3v) is 7.45. The van der Waals surface area contributed by atoms with E-state index in [1.165, 1.54) is 10.6 Å². The van der Waals surface area contributed by atoms with Gasteiger partial charge >= 0.3 is 0 Å². The van der Waals surface area contributed by atoms with E-state index < -0.39 is 0 Å². The number of aliphatic hydroxyl groups is 1. The topological polar surface area (TPSA) is 69.9 Å². The number of fused-ring (bicyclic) bond motifs is 1. The second kappa shape index (κ2) is 14.4. The third-order valence-electron chi connectivity index (χ3n) is 5.16. The van der Waals surface area contributed by atoms with Gasteiger partial charge in [0.05, 0.1) is 0 Å². The highest BCUT2D eigenvalue weighted by Crippen LogP contribution is 2.26. The van der Waals surface area contributed by atoms with Crippen LogP contribution in [0.25, 0.3) is 10.8 Å². The van der Waals surface area contributed by atoms with Crippen molar-refractivity contribution in [1.29, 1.82) is 0 Å². The molecule has 0 aliphatic carbocycles. The number of halogens is 1. The molecule has 0 unspecified atom stereocenters. The van der Waals surface area contributed by atoms with E-state index in [9.17, 15) is 4.79 Å². The zero-order chi connectivity index (χ0) is 24.2. The summed E-state index contributed by atoms with van der Waals surface area (Å²) in [5.74, 6) is 0.862. The summed E-state index contributed by atoms with van der Waals surface area (Å²) in [6.07, 6.45) is 0.510. The van der Waals surface area contributed by atoms with Crippen molar-refractivity contribution < 1.29 is 9.90 Å². The molecule has 2 N–H and O–H groups in total. The van der Waals surface area contributed by atoms with Crippen LogP contribution in [-0.4, -0.2) is 60.0 Å². The minimum Gasteiger partial charge on any atom is -0.400 e. The van der Waals surface area contributed by atoms with E-state index in [1.807, 2.05) is 32.3 Å². The monoisotopic (exact) mass is 508 g/mol. The van der Waals surface area contributed by atoms with Gasteiger partial charge in [-0.05, 0) is 41.6 Å². The van der Waals surface area contributed by atoms with E-state index >= 15 is 0 Å². The molecule has 6 nitrogen and oxygen atoms in total. The van der Waals surface area contributed by atoms with Gasteiger partial charge < -0.3 is 15.0 Å². The van der Waals surface area contributed by atoms with Crippen LogP contribution in [0.15, 0.2) is 51.7 Å². The number of thiazole rings is 1. The van der Waals surface area contributed by atoms with Crippen molar-refractivity contribution in [2.45, 2.75) is 24.8 Å². The molecule has 1 amide bonds. The lowest BCUT2D eigenvalue weighted by Gasteiger charge is -2.20. The Morgan fingerprint density at radius 3 is 2.67 bits per heavy atom. The van der Waals surface area contributed by atoms with E-state index in [4.69, 9.17) is 16.7 Å². The zero-order valence-corrected chi connectivity index (χ0v) is 22.1. The maximum atomic E-state index is 12.2. The van der Waals surface area contributed by atoms with Gasteiger partial charge in [0.15, 0.2) is 4.80 Å². The Morgan fingerprint density at radius 2 is 1.97 bits per heavy atom. The lowest BCUT2D eigenvalue weighted by atomic mass is 10.1. The molecule has 9 heteroatoms. The highest BCUT2D eigenvalue weighted by molar-refractivity contribution is 7.99. The number of amides is 1. The summed E-state index contributed by atoms with van der Waals surface area (Å²) in [4.78, 5) is 21.0. The van der Waals surface area contributed by atoms with E-state index in [2.05, 4.69) is 50.3 Å². The van der Waals surface area contributed by atoms with E-state index in [-0.39, 0.29) is 5.91 Å². The lowest BCUT2D eigenvalue weighted by Crippen LogP contribution is -2.35. The van der Waals surface area contributed by atoms with Gasteiger partial charge in [0, 0.05) is 74.0 Å². The highest BCUT2D eigenvalue weighted by Gasteiger charge is 2.09. The molecule has 0 radical (unpaired) electrons. The van der Waals surface area contributed by atoms with Gasteiger partial charge in [0.2, 0.25) is 5.91 Å². The first-order chi connectivity index (χ1) is 16.0. The smallest absolute Gasteiger partial charge is 0.220 e. The summed E-state index contributed by atoms with van der Waals surface area (Å²) in [5, 5.41) is 15.3. The summed E-state index contributed by atoms with van der Waals surface area (Å²) in [6, 6.07) is 12.2. The van der Waals surface area contributed by atoms with E-state index in [0.717, 1.165) is 53.1 Å². The summed E-state index contributed by atoms with van der Waals surface area (Å²) in [6.45, 7) is 5.43. The molecule has 0 aliphatic rings. The van der Waals surface area contributed by atoms with Crippen LogP contribution in [0.2, 0.25) is 5.02 Å². The SMILES string of the molecule is CCN(CCNC(=O)CCSc1ccc2cc(Cl)ccc2c1)Cc1csc(=NC)n1C.CO. The minimum absolute atomic E-state index is 0.101. The zero-order valence-electron chi connectivity index (χ0n) is 19.7. The third kappa shape index (κ3) is 8.46. The average Bonchev–Trinajstić information content (AvgIpc) is 3.18. The molecule has 180 valence electrons. The number of benzene rings is 2. The lowest BCUT2D eigenvalue weighted by molar-refractivity contribution is -0.120. The molecule has 1 aromatic heterocycles. The largest absolute Gasteiger partial charge is 0.400 e. The molecular weight excluding hydrogens is 476 g/mol. The van der Waals surface area contributed by atoms with Gasteiger partial charge in [0.25, 0.3) is 0 Å². The predicted molar refractivity (Wildman–Crippen MR) is 141 cm³/mol. The number of hydrogen-bond acceptors (Lipinski definition) is 6. The maximum Gasteiger partial charge on any atom is 0.220 e. The number of likely N-dealkylation sites (N-methyl/N-ethyl adjacent to an activating group) is 1. The molecule has 1 heterocycles. The summed E-state index contributed by atoms with van der Waals surface area (Å²) >= 11 is 9.41. The Hall–Kier alpha value is -1.84. The maximum absolute atomic E-state index is 12.2. The Labute approximate surface area is 209 Å². The highest BCUT2D eigenvalue weighted by atomic mass is 35.5. The molecular formula is C24H33ClN4O2S2. The van der Waals surface area contributed by atoms with Gasteiger partial charge in [-0.15, -0.1) is 23.1 Å². The number of nitrogens with zero attached hydrogens (tertiary/aromatic N) is 3. The normalized spacial score (nSPS) is 11.5. The van der Waals surface area contributed by atoms with Crippen molar-refractivity contribution in [3.05, 3.63) is 57.3 Å². The van der Waals surface area contributed by atoms with Gasteiger partial charge in [-0.3, -0.25) is 14.7 Å². The molecule has 0 fully saturated rings. The number of aromatic nitrogens is 1. The molecule has 33 heavy (non-hydrogen) atoms. The molecule has 0 spiro atoms. The van der Waals surface area contributed by atoms with Crippen LogP contribution in [0.1, 0.15) is 19.0 Å². The van der Waals surface area contributed by atoms with Crippen LogP contribution in [0.3, 0.4) is 0 Å². The van der Waals surface area contributed by atoms with Crippen LogP contribution >= 0.6 is 34.7 Å². The molecule has 0 atom stereocenters. The second-order valence-corrected chi connectivity index (χ2v) is 9.70.